The van der Waals surface area contributed by atoms with Crippen molar-refractivity contribution in [3.05, 3.63) is 12.7 Å². The fourth-order valence-corrected chi connectivity index (χ4v) is 0.976. The van der Waals surface area contributed by atoms with E-state index in [0.717, 1.165) is 19.0 Å². The minimum atomic E-state index is 0. The van der Waals surface area contributed by atoms with Crippen LogP contribution in [0.2, 0.25) is 0 Å². The summed E-state index contributed by atoms with van der Waals surface area (Å²) in [6.07, 6.45) is 1.89. The molecule has 2 N–H and O–H groups in total. The summed E-state index contributed by atoms with van der Waals surface area (Å²) in [6, 6.07) is 0. The zero-order valence-electron chi connectivity index (χ0n) is 8.02. The van der Waals surface area contributed by atoms with Gasteiger partial charge in [-0.15, -0.1) is 0 Å². The lowest BCUT2D eigenvalue weighted by molar-refractivity contribution is -0.517. The summed E-state index contributed by atoms with van der Waals surface area (Å²) >= 11 is 0. The highest BCUT2D eigenvalue weighted by Crippen LogP contribution is 1.76. The molecule has 0 spiro atoms. The van der Waals surface area contributed by atoms with Crippen molar-refractivity contribution in [1.82, 2.24) is 10.6 Å². The molecule has 4 heteroatoms. The molecule has 12 heavy (non-hydrogen) atoms. The van der Waals surface area contributed by atoms with Gasteiger partial charge < -0.3 is 24.0 Å². The van der Waals surface area contributed by atoms with Crippen LogP contribution in [0.3, 0.4) is 0 Å². The molecule has 0 saturated heterocycles. The van der Waals surface area contributed by atoms with Gasteiger partial charge in [0.25, 0.3) is 0 Å². The van der Waals surface area contributed by atoms with Crippen molar-refractivity contribution in [3.8, 4) is 0 Å². The van der Waals surface area contributed by atoms with E-state index in [9.17, 15) is 0 Å². The monoisotopic (exact) mass is 283 g/mol. The molecule has 0 aromatic heterocycles. The Balaban J connectivity index is 0. The maximum atomic E-state index is 3.69. The largest absolute Gasteiger partial charge is 1.00 e. The van der Waals surface area contributed by atoms with E-state index in [2.05, 4.69) is 28.7 Å². The van der Waals surface area contributed by atoms with Gasteiger partial charge >= 0.3 is 5.96 Å². The fourth-order valence-electron chi connectivity index (χ4n) is 0.976. The average molecular weight is 283 g/mol. The molecule has 0 aliphatic rings. The number of hydrogen-bond donors (Lipinski definition) is 2. The number of guanidine groups is 1. The maximum absolute atomic E-state index is 3.69. The van der Waals surface area contributed by atoms with Crippen LogP contribution in [0.1, 0.15) is 6.92 Å². The van der Waals surface area contributed by atoms with Crippen LogP contribution in [0.5, 0.6) is 0 Å². The summed E-state index contributed by atoms with van der Waals surface area (Å²) in [5.41, 5.74) is 0. The summed E-state index contributed by atoms with van der Waals surface area (Å²) in [4.78, 5) is 0. The van der Waals surface area contributed by atoms with Gasteiger partial charge in [0.2, 0.25) is 0 Å². The molecule has 3 nitrogen and oxygen atoms in total. The third kappa shape index (κ3) is 4.58. The Labute approximate surface area is 92.0 Å². The third-order valence-electron chi connectivity index (χ3n) is 1.52. The first-order valence-electron chi connectivity index (χ1n) is 3.88. The molecule has 0 aliphatic carbocycles. The van der Waals surface area contributed by atoms with Gasteiger partial charge in [-0.3, -0.25) is 15.2 Å². The lowest BCUT2D eigenvalue weighted by Crippen LogP contribution is -3.00. The first-order valence-corrected chi connectivity index (χ1v) is 3.88. The van der Waals surface area contributed by atoms with Gasteiger partial charge in [0.05, 0.1) is 27.2 Å². The third-order valence-corrected chi connectivity index (χ3v) is 1.52. The highest BCUT2D eigenvalue weighted by molar-refractivity contribution is 5.73. The SMILES string of the molecule is C=CC[N+](CC)=C(NC)NC.[I-]. The molecule has 0 rings (SSSR count). The van der Waals surface area contributed by atoms with Gasteiger partial charge in [0.15, 0.2) is 0 Å². The van der Waals surface area contributed by atoms with Crippen LogP contribution in [0, 0.1) is 0 Å². The van der Waals surface area contributed by atoms with E-state index in [1.54, 1.807) is 0 Å². The molecule has 0 amide bonds. The zero-order chi connectivity index (χ0) is 8.69. The van der Waals surface area contributed by atoms with Gasteiger partial charge in [-0.1, -0.05) is 12.7 Å². The van der Waals surface area contributed by atoms with Crippen LogP contribution < -0.4 is 34.6 Å². The second-order valence-electron chi connectivity index (χ2n) is 2.18. The Morgan fingerprint density at radius 1 is 1.42 bits per heavy atom. The molecular weight excluding hydrogens is 265 g/mol. The molecule has 0 aliphatic heterocycles. The zero-order valence-corrected chi connectivity index (χ0v) is 10.2. The average Bonchev–Trinajstić information content (AvgIpc) is 2.05. The molecule has 0 atom stereocenters. The molecule has 0 unspecified atom stereocenters. The Bertz CT molecular complexity index is 148. The Morgan fingerprint density at radius 2 is 1.92 bits per heavy atom. The normalized spacial score (nSPS) is 7.92. The number of rotatable bonds is 3. The number of nitrogens with zero attached hydrogens (tertiary/aromatic N) is 1. The molecule has 0 heterocycles. The summed E-state index contributed by atoms with van der Waals surface area (Å²) in [7, 11) is 3.80. The van der Waals surface area contributed by atoms with Gasteiger partial charge in [0, 0.05) is 0 Å². The standard InChI is InChI=1S/C8H17N3.HI/c1-5-7-11(6-2)8(9-3)10-4;/h5H,1,6-7H2,2-4H3,(H,9,10);1H. The van der Waals surface area contributed by atoms with Crippen molar-refractivity contribution < 1.29 is 28.6 Å². The topological polar surface area (TPSA) is 27.1 Å². The van der Waals surface area contributed by atoms with Crippen molar-refractivity contribution in [3.63, 3.8) is 0 Å². The fraction of sp³-hybridized carbons (Fsp3) is 0.625. The second-order valence-corrected chi connectivity index (χ2v) is 2.18. The minimum Gasteiger partial charge on any atom is -1.00 e. The van der Waals surface area contributed by atoms with Gasteiger partial charge in [-0.25, -0.2) is 0 Å². The highest BCUT2D eigenvalue weighted by atomic mass is 127. The summed E-state index contributed by atoms with van der Waals surface area (Å²) in [5, 5.41) is 6.14. The van der Waals surface area contributed by atoms with Crippen LogP contribution in [0.15, 0.2) is 12.7 Å². The second kappa shape index (κ2) is 8.83. The van der Waals surface area contributed by atoms with Crippen molar-refractivity contribution >= 4 is 5.96 Å². The number of likely N-dealkylation sites (N-methyl/N-ethyl adjacent to an activating group) is 1. The first-order chi connectivity index (χ1) is 5.29. The van der Waals surface area contributed by atoms with E-state index < -0.39 is 0 Å². The highest BCUT2D eigenvalue weighted by Gasteiger charge is 2.03. The maximum Gasteiger partial charge on any atom is 0.345 e. The van der Waals surface area contributed by atoms with Crippen LogP contribution in [-0.2, 0) is 0 Å². The smallest absolute Gasteiger partial charge is 0.345 e. The lowest BCUT2D eigenvalue weighted by Gasteiger charge is -2.07. The van der Waals surface area contributed by atoms with E-state index in [0.29, 0.717) is 0 Å². The summed E-state index contributed by atoms with van der Waals surface area (Å²) in [5.74, 6) is 1.03. The van der Waals surface area contributed by atoms with Crippen molar-refractivity contribution in [2.75, 3.05) is 27.2 Å². The van der Waals surface area contributed by atoms with Crippen molar-refractivity contribution in [2.45, 2.75) is 6.92 Å². The molecule has 0 aromatic carbocycles. The molecule has 0 aromatic rings. The molecular formula is C8H18IN3. The molecule has 72 valence electrons. The molecule has 0 radical (unpaired) electrons. The van der Waals surface area contributed by atoms with Crippen molar-refractivity contribution in [2.24, 2.45) is 0 Å². The molecule has 0 bridgehead atoms. The quantitative estimate of drug-likeness (QED) is 0.190. The van der Waals surface area contributed by atoms with Crippen molar-refractivity contribution in [1.29, 1.82) is 0 Å². The lowest BCUT2D eigenvalue weighted by atomic mass is 10.5. The summed E-state index contributed by atoms with van der Waals surface area (Å²) in [6.45, 7) is 7.64. The van der Waals surface area contributed by atoms with Crippen LogP contribution >= 0.6 is 0 Å². The predicted molar refractivity (Wildman–Crippen MR) is 49.0 cm³/mol. The van der Waals surface area contributed by atoms with Gasteiger partial charge in [-0.05, 0) is 6.92 Å². The Hall–Kier alpha value is -0.260. The minimum absolute atomic E-state index is 0. The number of halogens is 1. The predicted octanol–water partition coefficient (Wildman–Crippen LogP) is -3.00. The van der Waals surface area contributed by atoms with Crippen LogP contribution in [-0.4, -0.2) is 37.7 Å². The number of nitrogens with one attached hydrogen (secondary N) is 2. The van der Waals surface area contributed by atoms with E-state index in [1.165, 1.54) is 0 Å². The van der Waals surface area contributed by atoms with E-state index >= 15 is 0 Å². The molecule has 0 fully saturated rings. The number of hydrogen-bond acceptors (Lipinski definition) is 0. The summed E-state index contributed by atoms with van der Waals surface area (Å²) < 4.78 is 2.16. The Morgan fingerprint density at radius 3 is 2.17 bits per heavy atom. The first kappa shape index (κ1) is 14.3. The van der Waals surface area contributed by atoms with Crippen LogP contribution in [0.25, 0.3) is 0 Å². The van der Waals surface area contributed by atoms with E-state index in [1.807, 2.05) is 20.2 Å². The van der Waals surface area contributed by atoms with Crippen LogP contribution in [0.4, 0.5) is 0 Å². The van der Waals surface area contributed by atoms with Gasteiger partial charge in [0.1, 0.15) is 0 Å². The molecule has 0 saturated carbocycles. The Kier molecular flexibility index (Phi) is 10.5. The van der Waals surface area contributed by atoms with E-state index in [-0.39, 0.29) is 24.0 Å². The van der Waals surface area contributed by atoms with E-state index in [4.69, 9.17) is 0 Å². The van der Waals surface area contributed by atoms with Gasteiger partial charge in [-0.2, -0.15) is 0 Å².